The highest BCUT2D eigenvalue weighted by molar-refractivity contribution is 6.54. The van der Waals surface area contributed by atoms with Crippen molar-refractivity contribution in [2.45, 2.75) is 25.2 Å². The summed E-state index contributed by atoms with van der Waals surface area (Å²) < 4.78 is 0. The first kappa shape index (κ1) is 8.35. The third-order valence-electron chi connectivity index (χ3n) is 1.00. The first-order valence-corrected chi connectivity index (χ1v) is 7.96. The topological polar surface area (TPSA) is 40.5 Å². The van der Waals surface area contributed by atoms with Crippen LogP contribution in [0.25, 0.3) is 0 Å². The Morgan fingerprint density at radius 1 is 1.00 bits per heavy atom. The summed E-state index contributed by atoms with van der Waals surface area (Å²) in [6.07, 6.45) is 0. The molecular weight excluding hydrogens is 136 g/mol. The SMILES string of the molecule is C[SiH](O)CC[SiH](C)O. The normalized spacial score (nSPS) is 18.0. The van der Waals surface area contributed by atoms with Gasteiger partial charge in [-0.05, 0) is 25.2 Å². The van der Waals surface area contributed by atoms with Crippen LogP contribution in [-0.4, -0.2) is 27.7 Å². The van der Waals surface area contributed by atoms with Crippen LogP contribution in [0.4, 0.5) is 0 Å². The Morgan fingerprint density at radius 3 is 1.38 bits per heavy atom. The van der Waals surface area contributed by atoms with Crippen molar-refractivity contribution in [1.29, 1.82) is 0 Å². The van der Waals surface area contributed by atoms with Gasteiger partial charge in [-0.1, -0.05) is 0 Å². The largest absolute Gasteiger partial charge is 0.435 e. The van der Waals surface area contributed by atoms with Gasteiger partial charge in [0.05, 0.1) is 0 Å². The van der Waals surface area contributed by atoms with Gasteiger partial charge in [-0.2, -0.15) is 0 Å². The van der Waals surface area contributed by atoms with E-state index in [2.05, 4.69) is 0 Å². The molecule has 0 rings (SSSR count). The summed E-state index contributed by atoms with van der Waals surface area (Å²) >= 11 is 0. The Bertz CT molecular complexity index is 48.0. The fourth-order valence-corrected chi connectivity index (χ4v) is 4.34. The molecule has 0 saturated carbocycles. The van der Waals surface area contributed by atoms with E-state index in [4.69, 9.17) is 9.59 Å². The van der Waals surface area contributed by atoms with Gasteiger partial charge in [0, 0.05) is 0 Å². The Balaban J connectivity index is 2.93. The van der Waals surface area contributed by atoms with E-state index in [0.717, 1.165) is 12.1 Å². The molecule has 2 unspecified atom stereocenters. The molecule has 0 spiro atoms. The lowest BCUT2D eigenvalue weighted by atomic mass is 10.9. The predicted octanol–water partition coefficient (Wildman–Crippen LogP) is -0.322. The molecule has 0 bridgehead atoms. The molecule has 0 aromatic carbocycles. The molecule has 0 aliphatic heterocycles. The van der Waals surface area contributed by atoms with Gasteiger partial charge < -0.3 is 9.59 Å². The van der Waals surface area contributed by atoms with Crippen molar-refractivity contribution in [3.8, 4) is 0 Å². The summed E-state index contributed by atoms with van der Waals surface area (Å²) in [5, 5.41) is 0. The molecule has 0 aromatic rings. The molecule has 0 radical (unpaired) electrons. The molecule has 2 nitrogen and oxygen atoms in total. The van der Waals surface area contributed by atoms with Gasteiger partial charge in [0.15, 0.2) is 18.1 Å². The Morgan fingerprint density at radius 2 is 1.25 bits per heavy atom. The van der Waals surface area contributed by atoms with Crippen molar-refractivity contribution < 1.29 is 9.59 Å². The van der Waals surface area contributed by atoms with E-state index in [0.29, 0.717) is 0 Å². The Kier molecular flexibility index (Phi) is 4.44. The summed E-state index contributed by atoms with van der Waals surface area (Å²) in [5.41, 5.74) is 0. The van der Waals surface area contributed by atoms with Gasteiger partial charge in [-0.15, -0.1) is 0 Å². The lowest BCUT2D eigenvalue weighted by Crippen LogP contribution is -2.11. The molecule has 0 saturated heterocycles. The average Bonchev–Trinajstić information content (AvgIpc) is 1.61. The number of hydrogen-bond donors (Lipinski definition) is 2. The molecule has 8 heavy (non-hydrogen) atoms. The molecule has 0 fully saturated rings. The fraction of sp³-hybridized carbons (Fsp3) is 1.00. The van der Waals surface area contributed by atoms with Gasteiger partial charge in [0.2, 0.25) is 0 Å². The van der Waals surface area contributed by atoms with Crippen LogP contribution < -0.4 is 0 Å². The first-order chi connectivity index (χ1) is 3.63. The monoisotopic (exact) mass is 150 g/mol. The maximum Gasteiger partial charge on any atom is 0.169 e. The van der Waals surface area contributed by atoms with Crippen LogP contribution in [0.3, 0.4) is 0 Å². The second-order valence-electron chi connectivity index (χ2n) is 2.28. The smallest absolute Gasteiger partial charge is 0.169 e. The Hall–Kier alpha value is 0.354. The second-order valence-corrected chi connectivity index (χ2v) is 6.83. The molecule has 0 heterocycles. The molecule has 2 N–H and O–H groups in total. The molecule has 0 aliphatic rings. The first-order valence-electron chi connectivity index (χ1n) is 2.99. The molecule has 50 valence electrons. The van der Waals surface area contributed by atoms with Crippen molar-refractivity contribution in [1.82, 2.24) is 0 Å². The zero-order valence-corrected chi connectivity index (χ0v) is 7.77. The zero-order valence-electron chi connectivity index (χ0n) is 5.46. The molecular formula is C4H14O2Si2. The molecule has 0 aliphatic carbocycles. The lowest BCUT2D eigenvalue weighted by molar-refractivity contribution is 0.563. The summed E-state index contributed by atoms with van der Waals surface area (Å²) in [6.45, 7) is 3.77. The summed E-state index contributed by atoms with van der Waals surface area (Å²) in [4.78, 5) is 17.7. The van der Waals surface area contributed by atoms with E-state index < -0.39 is 18.1 Å². The second kappa shape index (κ2) is 4.25. The minimum absolute atomic E-state index is 0.893. The van der Waals surface area contributed by atoms with Crippen molar-refractivity contribution in [2.24, 2.45) is 0 Å². The van der Waals surface area contributed by atoms with Gasteiger partial charge in [-0.3, -0.25) is 0 Å². The highest BCUT2D eigenvalue weighted by Gasteiger charge is 2.02. The number of rotatable bonds is 3. The Labute approximate surface area is 53.6 Å². The molecule has 4 heteroatoms. The standard InChI is InChI=1S/C4H14O2Si2/c1-7(5)3-4-8(2)6/h5-8H,3-4H2,1-2H3. The van der Waals surface area contributed by atoms with Crippen molar-refractivity contribution >= 4 is 18.1 Å². The van der Waals surface area contributed by atoms with Crippen LogP contribution in [-0.2, 0) is 0 Å². The fourth-order valence-electron chi connectivity index (χ4n) is 0.482. The van der Waals surface area contributed by atoms with E-state index in [1.807, 2.05) is 13.1 Å². The lowest BCUT2D eigenvalue weighted by Gasteiger charge is -2.01. The van der Waals surface area contributed by atoms with Crippen molar-refractivity contribution in [2.75, 3.05) is 0 Å². The third kappa shape index (κ3) is 6.35. The van der Waals surface area contributed by atoms with E-state index in [9.17, 15) is 0 Å². The summed E-state index contributed by atoms with van der Waals surface area (Å²) in [6, 6.07) is 1.79. The van der Waals surface area contributed by atoms with E-state index in [1.54, 1.807) is 0 Å². The minimum atomic E-state index is -1.35. The van der Waals surface area contributed by atoms with Crippen molar-refractivity contribution in [3.05, 3.63) is 0 Å². The molecule has 0 aromatic heterocycles. The maximum atomic E-state index is 8.85. The predicted molar refractivity (Wildman–Crippen MR) is 40.1 cm³/mol. The van der Waals surface area contributed by atoms with Crippen LogP contribution in [0.5, 0.6) is 0 Å². The quantitative estimate of drug-likeness (QED) is 0.541. The van der Waals surface area contributed by atoms with Gasteiger partial charge in [0.25, 0.3) is 0 Å². The molecule has 2 atom stereocenters. The van der Waals surface area contributed by atoms with Crippen LogP contribution in [0.15, 0.2) is 0 Å². The van der Waals surface area contributed by atoms with Crippen LogP contribution in [0, 0.1) is 0 Å². The van der Waals surface area contributed by atoms with Crippen LogP contribution >= 0.6 is 0 Å². The van der Waals surface area contributed by atoms with Crippen molar-refractivity contribution in [3.63, 3.8) is 0 Å². The third-order valence-corrected chi connectivity index (χ3v) is 4.01. The highest BCUT2D eigenvalue weighted by Crippen LogP contribution is 1.97. The van der Waals surface area contributed by atoms with Crippen LogP contribution in [0.1, 0.15) is 0 Å². The maximum absolute atomic E-state index is 8.85. The molecule has 0 amide bonds. The van der Waals surface area contributed by atoms with E-state index in [1.165, 1.54) is 0 Å². The minimum Gasteiger partial charge on any atom is -0.435 e. The van der Waals surface area contributed by atoms with Gasteiger partial charge in [0.1, 0.15) is 0 Å². The zero-order chi connectivity index (χ0) is 6.57. The summed E-state index contributed by atoms with van der Waals surface area (Å²) in [7, 11) is -2.70. The number of hydrogen-bond acceptors (Lipinski definition) is 2. The van der Waals surface area contributed by atoms with E-state index >= 15 is 0 Å². The van der Waals surface area contributed by atoms with E-state index in [-0.39, 0.29) is 0 Å². The summed E-state index contributed by atoms with van der Waals surface area (Å²) in [5.74, 6) is 0. The highest BCUT2D eigenvalue weighted by atomic mass is 28.3. The van der Waals surface area contributed by atoms with Gasteiger partial charge >= 0.3 is 0 Å². The van der Waals surface area contributed by atoms with Crippen LogP contribution in [0.2, 0.25) is 25.2 Å². The average molecular weight is 150 g/mol. The van der Waals surface area contributed by atoms with Gasteiger partial charge in [-0.25, -0.2) is 0 Å².